The van der Waals surface area contributed by atoms with E-state index < -0.39 is 25.8 Å². The minimum Gasteiger partial charge on any atom is -0.369 e. The van der Waals surface area contributed by atoms with E-state index in [9.17, 15) is 31.2 Å². The Kier molecular flexibility index (Phi) is 5.37. The van der Waals surface area contributed by atoms with Crippen molar-refractivity contribution in [3.8, 4) is 0 Å². The summed E-state index contributed by atoms with van der Waals surface area (Å²) in [6, 6.07) is 4.91. The molecule has 4 heterocycles. The van der Waals surface area contributed by atoms with E-state index in [-0.39, 0.29) is 24.0 Å². The van der Waals surface area contributed by atoms with Gasteiger partial charge in [0.25, 0.3) is 9.84 Å². The molecule has 0 saturated carbocycles. The van der Waals surface area contributed by atoms with Gasteiger partial charge in [0.05, 0.1) is 17.0 Å². The second kappa shape index (κ2) is 7.82. The maximum Gasteiger partial charge on any atom is 0.501 e. The van der Waals surface area contributed by atoms with E-state index in [1.165, 1.54) is 6.07 Å². The summed E-state index contributed by atoms with van der Waals surface area (Å²) in [6.07, 6.45) is 0.852. The Bertz CT molecular complexity index is 1110. The summed E-state index contributed by atoms with van der Waals surface area (Å²) in [6.45, 7) is 4.21. The Labute approximate surface area is 194 Å². The lowest BCUT2D eigenvalue weighted by molar-refractivity contribution is -0.142. The number of carbonyl (C=O) groups excluding carboxylic acids is 2. The number of nitrogens with zero attached hydrogens (tertiary/aromatic N) is 3. The van der Waals surface area contributed by atoms with E-state index in [1.54, 1.807) is 15.9 Å². The molecular formula is C21H25F3N4O5S. The molecule has 0 atom stereocenters. The van der Waals surface area contributed by atoms with Crippen molar-refractivity contribution in [2.24, 2.45) is 5.41 Å². The number of hydrogen-bond donors (Lipinski definition) is 1. The summed E-state index contributed by atoms with van der Waals surface area (Å²) in [5.41, 5.74) is -5.38. The summed E-state index contributed by atoms with van der Waals surface area (Å²) in [7, 11) is -5.38. The van der Waals surface area contributed by atoms with E-state index >= 15 is 0 Å². The number of likely N-dealkylation sites (tertiary alicyclic amines) is 3. The molecule has 0 aliphatic carbocycles. The highest BCUT2D eigenvalue weighted by atomic mass is 32.2. The Morgan fingerprint density at radius 3 is 2.50 bits per heavy atom. The quantitative estimate of drug-likeness (QED) is 0.657. The minimum atomic E-state index is -5.38. The SMILES string of the molecule is O=C1COCC2(CN(C(=O)N3CC4(CCN(Cc5cccc(S(=O)(=O)C(F)(F)F)c5)C4)C3)C2)N1. The highest BCUT2D eigenvalue weighted by Crippen LogP contribution is 2.41. The first-order valence-corrected chi connectivity index (χ1v) is 12.4. The molecule has 13 heteroatoms. The third-order valence-corrected chi connectivity index (χ3v) is 8.52. The fraction of sp³-hybridized carbons (Fsp3) is 0.619. The molecule has 0 bridgehead atoms. The second-order valence-electron chi connectivity index (χ2n) is 9.87. The van der Waals surface area contributed by atoms with Crippen LogP contribution in [-0.4, -0.2) is 98.6 Å². The molecule has 186 valence electrons. The number of urea groups is 1. The van der Waals surface area contributed by atoms with Crippen LogP contribution in [0.5, 0.6) is 0 Å². The molecule has 1 N–H and O–H groups in total. The van der Waals surface area contributed by atoms with Crippen LogP contribution >= 0.6 is 0 Å². The number of benzene rings is 1. The van der Waals surface area contributed by atoms with E-state index in [0.717, 1.165) is 18.6 Å². The number of rotatable bonds is 3. The summed E-state index contributed by atoms with van der Waals surface area (Å²) >= 11 is 0. The standard InChI is InChI=1S/C21H25F3N4O5S/c22-21(23,24)34(31,32)16-3-1-2-15(6-16)7-26-5-4-19(9-26)10-27(11-19)18(30)28-12-20(13-28)14-33-8-17(29)25-20/h1-3,6H,4-5,7-14H2,(H,25,29). The molecule has 4 saturated heterocycles. The lowest BCUT2D eigenvalue weighted by Crippen LogP contribution is -2.77. The number of amides is 3. The summed E-state index contributed by atoms with van der Waals surface area (Å²) in [5.74, 6) is -0.172. The number of sulfone groups is 1. The molecule has 34 heavy (non-hydrogen) atoms. The first-order valence-electron chi connectivity index (χ1n) is 11.0. The molecule has 1 aromatic carbocycles. The van der Waals surface area contributed by atoms with Gasteiger partial charge in [-0.15, -0.1) is 0 Å². The molecule has 0 radical (unpaired) electrons. The van der Waals surface area contributed by atoms with Crippen LogP contribution in [0.2, 0.25) is 0 Å². The first kappa shape index (κ1) is 23.4. The molecule has 4 aliphatic rings. The molecule has 5 rings (SSSR count). The van der Waals surface area contributed by atoms with Gasteiger partial charge in [0.15, 0.2) is 0 Å². The highest BCUT2D eigenvalue weighted by molar-refractivity contribution is 7.92. The number of halogens is 3. The number of nitrogens with one attached hydrogen (secondary N) is 1. The predicted octanol–water partition coefficient (Wildman–Crippen LogP) is 0.809. The van der Waals surface area contributed by atoms with Crippen LogP contribution in [0.1, 0.15) is 12.0 Å². The molecule has 9 nitrogen and oxygen atoms in total. The highest BCUT2D eigenvalue weighted by Gasteiger charge is 2.54. The average Bonchev–Trinajstić information content (AvgIpc) is 3.14. The van der Waals surface area contributed by atoms with Crippen molar-refractivity contribution >= 4 is 21.8 Å². The Balaban J connectivity index is 1.13. The monoisotopic (exact) mass is 502 g/mol. The zero-order chi connectivity index (χ0) is 24.4. The van der Waals surface area contributed by atoms with Crippen molar-refractivity contribution in [1.29, 1.82) is 0 Å². The number of ether oxygens (including phenoxy) is 1. The Morgan fingerprint density at radius 1 is 1.12 bits per heavy atom. The normalized spacial score (nSPS) is 24.1. The van der Waals surface area contributed by atoms with Crippen molar-refractivity contribution in [3.63, 3.8) is 0 Å². The first-order chi connectivity index (χ1) is 15.9. The molecule has 4 aliphatic heterocycles. The maximum atomic E-state index is 12.9. The third-order valence-electron chi connectivity index (χ3n) is 7.03. The van der Waals surface area contributed by atoms with Crippen LogP contribution < -0.4 is 5.32 Å². The molecule has 1 aromatic rings. The van der Waals surface area contributed by atoms with E-state index in [1.807, 2.05) is 0 Å². The molecule has 3 amide bonds. The van der Waals surface area contributed by atoms with Crippen molar-refractivity contribution in [2.45, 2.75) is 28.9 Å². The molecule has 2 spiro atoms. The van der Waals surface area contributed by atoms with Crippen LogP contribution in [0.3, 0.4) is 0 Å². The lowest BCUT2D eigenvalue weighted by Gasteiger charge is -2.56. The van der Waals surface area contributed by atoms with Crippen molar-refractivity contribution in [3.05, 3.63) is 29.8 Å². The van der Waals surface area contributed by atoms with Gasteiger partial charge in [0.2, 0.25) is 5.91 Å². The maximum absolute atomic E-state index is 12.9. The van der Waals surface area contributed by atoms with Gasteiger partial charge in [-0.3, -0.25) is 9.69 Å². The zero-order valence-corrected chi connectivity index (χ0v) is 19.1. The molecule has 0 unspecified atom stereocenters. The summed E-state index contributed by atoms with van der Waals surface area (Å²) in [5, 5.41) is 2.90. The van der Waals surface area contributed by atoms with Crippen LogP contribution in [0.25, 0.3) is 0 Å². The fourth-order valence-electron chi connectivity index (χ4n) is 5.42. The van der Waals surface area contributed by atoms with Crippen molar-refractivity contribution in [2.75, 3.05) is 52.5 Å². The third kappa shape index (κ3) is 4.03. The second-order valence-corrected chi connectivity index (χ2v) is 11.8. The van der Waals surface area contributed by atoms with E-state index in [0.29, 0.717) is 58.0 Å². The van der Waals surface area contributed by atoms with Crippen LogP contribution in [0.4, 0.5) is 18.0 Å². The topological polar surface area (TPSA) is 99.3 Å². The van der Waals surface area contributed by atoms with E-state index in [4.69, 9.17) is 4.74 Å². The van der Waals surface area contributed by atoms with Gasteiger partial charge in [-0.2, -0.15) is 13.2 Å². The van der Waals surface area contributed by atoms with Crippen molar-refractivity contribution < 1.29 is 35.9 Å². The Morgan fingerprint density at radius 2 is 1.82 bits per heavy atom. The largest absolute Gasteiger partial charge is 0.501 e. The fourth-order valence-corrected chi connectivity index (χ4v) is 6.25. The Hall–Kier alpha value is -2.38. The number of carbonyl (C=O) groups is 2. The van der Waals surface area contributed by atoms with Gasteiger partial charge in [-0.05, 0) is 30.7 Å². The van der Waals surface area contributed by atoms with Gasteiger partial charge < -0.3 is 19.9 Å². The van der Waals surface area contributed by atoms with Gasteiger partial charge in [-0.1, -0.05) is 12.1 Å². The predicted molar refractivity (Wildman–Crippen MR) is 112 cm³/mol. The molecular weight excluding hydrogens is 477 g/mol. The number of hydrogen-bond acceptors (Lipinski definition) is 6. The number of alkyl halides is 3. The molecule has 4 fully saturated rings. The van der Waals surface area contributed by atoms with Gasteiger partial charge in [-0.25, -0.2) is 13.2 Å². The van der Waals surface area contributed by atoms with Crippen LogP contribution in [0, 0.1) is 5.41 Å². The molecule has 0 aromatic heterocycles. The smallest absolute Gasteiger partial charge is 0.369 e. The summed E-state index contributed by atoms with van der Waals surface area (Å²) in [4.78, 5) is 29.1. The van der Waals surface area contributed by atoms with Gasteiger partial charge >= 0.3 is 11.5 Å². The van der Waals surface area contributed by atoms with Crippen LogP contribution in [-0.2, 0) is 25.9 Å². The van der Waals surface area contributed by atoms with Crippen LogP contribution in [0.15, 0.2) is 29.2 Å². The van der Waals surface area contributed by atoms with E-state index in [2.05, 4.69) is 10.2 Å². The van der Waals surface area contributed by atoms with Gasteiger partial charge in [0.1, 0.15) is 6.61 Å². The van der Waals surface area contributed by atoms with Crippen molar-refractivity contribution in [1.82, 2.24) is 20.0 Å². The zero-order valence-electron chi connectivity index (χ0n) is 18.3. The lowest BCUT2D eigenvalue weighted by atomic mass is 9.79. The van der Waals surface area contributed by atoms with Gasteiger partial charge in [0, 0.05) is 44.7 Å². The number of morpholine rings is 1. The average molecular weight is 503 g/mol. The minimum absolute atomic E-state index is 0.0449. The summed E-state index contributed by atoms with van der Waals surface area (Å²) < 4.78 is 67.3.